The van der Waals surface area contributed by atoms with Crippen LogP contribution in [0.15, 0.2) is 0 Å². The van der Waals surface area contributed by atoms with Gasteiger partial charge in [0.05, 0.1) is 6.17 Å². The standard InChI is InChI=1S/C27H56N2O/c1-5-7-8-9-10-11-12-13-14-15-16-17-18-19-20-21-22-23-24-25-27(30)28-26(6-2)29(3)4/h26H,5-25H2,1-4H3,(H,28,30). The lowest BCUT2D eigenvalue weighted by Crippen LogP contribution is -2.44. The molecule has 3 heteroatoms. The Morgan fingerprint density at radius 3 is 1.23 bits per heavy atom. The van der Waals surface area contributed by atoms with Crippen molar-refractivity contribution in [1.29, 1.82) is 0 Å². The second kappa shape index (κ2) is 23.1. The summed E-state index contributed by atoms with van der Waals surface area (Å²) in [7, 11) is 4.04. The third-order valence-corrected chi connectivity index (χ3v) is 6.35. The van der Waals surface area contributed by atoms with Gasteiger partial charge >= 0.3 is 0 Å². The van der Waals surface area contributed by atoms with E-state index in [9.17, 15) is 4.79 Å². The highest BCUT2D eigenvalue weighted by Crippen LogP contribution is 2.14. The van der Waals surface area contributed by atoms with Gasteiger partial charge in [-0.1, -0.05) is 129 Å². The minimum absolute atomic E-state index is 0.179. The summed E-state index contributed by atoms with van der Waals surface area (Å²) in [6, 6.07) is 0. The number of amides is 1. The van der Waals surface area contributed by atoms with Crippen LogP contribution in [0.2, 0.25) is 0 Å². The molecule has 1 atom stereocenters. The maximum atomic E-state index is 12.0. The van der Waals surface area contributed by atoms with E-state index in [2.05, 4.69) is 24.1 Å². The normalized spacial score (nSPS) is 12.4. The Hall–Kier alpha value is -0.570. The summed E-state index contributed by atoms with van der Waals surface area (Å²) in [5.41, 5.74) is 0. The van der Waals surface area contributed by atoms with Crippen molar-refractivity contribution in [1.82, 2.24) is 10.2 Å². The molecule has 0 aliphatic carbocycles. The highest BCUT2D eigenvalue weighted by molar-refractivity contribution is 5.76. The van der Waals surface area contributed by atoms with Gasteiger partial charge in [0, 0.05) is 6.42 Å². The lowest BCUT2D eigenvalue weighted by Gasteiger charge is -2.23. The van der Waals surface area contributed by atoms with Crippen molar-refractivity contribution in [3.8, 4) is 0 Å². The molecule has 0 saturated carbocycles. The fourth-order valence-electron chi connectivity index (χ4n) is 4.22. The van der Waals surface area contributed by atoms with E-state index in [1.807, 2.05) is 14.1 Å². The van der Waals surface area contributed by atoms with E-state index in [0.29, 0.717) is 6.42 Å². The van der Waals surface area contributed by atoms with Crippen molar-refractivity contribution >= 4 is 5.91 Å². The van der Waals surface area contributed by atoms with Crippen molar-refractivity contribution in [3.05, 3.63) is 0 Å². The van der Waals surface area contributed by atoms with Crippen LogP contribution in [-0.4, -0.2) is 31.1 Å². The Labute approximate surface area is 190 Å². The molecule has 3 nitrogen and oxygen atoms in total. The predicted molar refractivity (Wildman–Crippen MR) is 134 cm³/mol. The number of nitrogens with zero attached hydrogens (tertiary/aromatic N) is 1. The Balaban J connectivity index is 3.20. The Kier molecular flexibility index (Phi) is 22.7. The van der Waals surface area contributed by atoms with Crippen molar-refractivity contribution in [2.75, 3.05) is 14.1 Å². The summed E-state index contributed by atoms with van der Waals surface area (Å²) in [6.07, 6.45) is 28.2. The molecule has 0 fully saturated rings. The largest absolute Gasteiger partial charge is 0.341 e. The monoisotopic (exact) mass is 424 g/mol. The quantitative estimate of drug-likeness (QED) is 0.132. The highest BCUT2D eigenvalue weighted by atomic mass is 16.1. The van der Waals surface area contributed by atoms with Crippen LogP contribution in [0.1, 0.15) is 149 Å². The van der Waals surface area contributed by atoms with Gasteiger partial charge in [-0.15, -0.1) is 0 Å². The van der Waals surface area contributed by atoms with Gasteiger partial charge in [0.1, 0.15) is 0 Å². The third kappa shape index (κ3) is 20.7. The number of hydrogen-bond donors (Lipinski definition) is 1. The van der Waals surface area contributed by atoms with E-state index in [0.717, 1.165) is 12.8 Å². The van der Waals surface area contributed by atoms with Crippen LogP contribution < -0.4 is 5.32 Å². The molecule has 1 amide bonds. The van der Waals surface area contributed by atoms with Crippen LogP contribution >= 0.6 is 0 Å². The minimum atomic E-state index is 0.179. The molecule has 0 aromatic rings. The van der Waals surface area contributed by atoms with Crippen molar-refractivity contribution in [2.24, 2.45) is 0 Å². The Bertz CT molecular complexity index is 357. The smallest absolute Gasteiger partial charge is 0.221 e. The first kappa shape index (κ1) is 29.4. The van der Waals surface area contributed by atoms with E-state index in [1.54, 1.807) is 0 Å². The number of hydrogen-bond acceptors (Lipinski definition) is 2. The Morgan fingerprint density at radius 1 is 0.600 bits per heavy atom. The topological polar surface area (TPSA) is 32.3 Å². The maximum Gasteiger partial charge on any atom is 0.221 e. The SMILES string of the molecule is CCCCCCCCCCCCCCCCCCCCCC(=O)NC(CC)N(C)C. The molecule has 0 radical (unpaired) electrons. The minimum Gasteiger partial charge on any atom is -0.341 e. The zero-order chi connectivity index (χ0) is 22.3. The third-order valence-electron chi connectivity index (χ3n) is 6.35. The van der Waals surface area contributed by atoms with Crippen LogP contribution in [0.3, 0.4) is 0 Å². The molecular formula is C27H56N2O. The fourth-order valence-corrected chi connectivity index (χ4v) is 4.22. The molecule has 1 N–H and O–H groups in total. The molecule has 180 valence electrons. The summed E-state index contributed by atoms with van der Waals surface area (Å²) >= 11 is 0. The van der Waals surface area contributed by atoms with E-state index < -0.39 is 0 Å². The fraction of sp³-hybridized carbons (Fsp3) is 0.963. The van der Waals surface area contributed by atoms with Crippen LogP contribution in [-0.2, 0) is 4.79 Å². The van der Waals surface area contributed by atoms with Gasteiger partial charge in [0.2, 0.25) is 5.91 Å². The molecule has 0 aromatic carbocycles. The van der Waals surface area contributed by atoms with E-state index in [1.165, 1.54) is 116 Å². The van der Waals surface area contributed by atoms with Crippen molar-refractivity contribution in [3.63, 3.8) is 0 Å². The molecule has 0 rings (SSSR count). The molecular weight excluding hydrogens is 368 g/mol. The molecule has 30 heavy (non-hydrogen) atoms. The molecule has 0 aliphatic heterocycles. The van der Waals surface area contributed by atoms with Gasteiger partial charge in [0.15, 0.2) is 0 Å². The molecule has 0 aliphatic rings. The summed E-state index contributed by atoms with van der Waals surface area (Å²) in [6.45, 7) is 4.40. The first-order valence-corrected chi connectivity index (χ1v) is 13.6. The number of carbonyl (C=O) groups is 1. The first-order valence-electron chi connectivity index (χ1n) is 13.6. The van der Waals surface area contributed by atoms with Crippen LogP contribution in [0.25, 0.3) is 0 Å². The lowest BCUT2D eigenvalue weighted by atomic mass is 10.0. The molecule has 0 spiro atoms. The average Bonchev–Trinajstić information content (AvgIpc) is 2.73. The van der Waals surface area contributed by atoms with Crippen LogP contribution in [0.4, 0.5) is 0 Å². The molecule has 1 unspecified atom stereocenters. The number of carbonyl (C=O) groups excluding carboxylic acids is 1. The highest BCUT2D eigenvalue weighted by Gasteiger charge is 2.11. The first-order chi connectivity index (χ1) is 14.6. The van der Waals surface area contributed by atoms with Gasteiger partial charge in [-0.3, -0.25) is 9.69 Å². The van der Waals surface area contributed by atoms with Gasteiger partial charge in [-0.05, 0) is 26.9 Å². The second-order valence-corrected chi connectivity index (χ2v) is 9.57. The molecule has 0 bridgehead atoms. The second-order valence-electron chi connectivity index (χ2n) is 9.57. The summed E-state index contributed by atoms with van der Waals surface area (Å²) in [4.78, 5) is 14.0. The number of rotatable bonds is 23. The van der Waals surface area contributed by atoms with Crippen molar-refractivity contribution < 1.29 is 4.79 Å². The molecule has 0 aromatic heterocycles. The maximum absolute atomic E-state index is 12.0. The van der Waals surface area contributed by atoms with E-state index in [-0.39, 0.29) is 12.1 Å². The van der Waals surface area contributed by atoms with Gasteiger partial charge in [0.25, 0.3) is 0 Å². The average molecular weight is 425 g/mol. The zero-order valence-electron chi connectivity index (χ0n) is 21.3. The molecule has 0 heterocycles. The van der Waals surface area contributed by atoms with Crippen LogP contribution in [0.5, 0.6) is 0 Å². The van der Waals surface area contributed by atoms with Crippen molar-refractivity contribution in [2.45, 2.75) is 155 Å². The van der Waals surface area contributed by atoms with E-state index in [4.69, 9.17) is 0 Å². The summed E-state index contributed by atoms with van der Waals surface area (Å²) in [5.74, 6) is 0.211. The van der Waals surface area contributed by atoms with Gasteiger partial charge in [-0.25, -0.2) is 0 Å². The van der Waals surface area contributed by atoms with Gasteiger partial charge in [-0.2, -0.15) is 0 Å². The number of nitrogens with one attached hydrogen (secondary N) is 1. The summed E-state index contributed by atoms with van der Waals surface area (Å²) < 4.78 is 0. The summed E-state index contributed by atoms with van der Waals surface area (Å²) in [5, 5.41) is 3.11. The lowest BCUT2D eigenvalue weighted by molar-refractivity contribution is -0.123. The van der Waals surface area contributed by atoms with E-state index >= 15 is 0 Å². The number of unbranched alkanes of at least 4 members (excludes halogenated alkanes) is 18. The predicted octanol–water partition coefficient (Wildman–Crippen LogP) is 8.22. The van der Waals surface area contributed by atoms with Gasteiger partial charge < -0.3 is 5.32 Å². The molecule has 0 saturated heterocycles. The van der Waals surface area contributed by atoms with Crippen LogP contribution in [0, 0.1) is 0 Å². The zero-order valence-corrected chi connectivity index (χ0v) is 21.3. The Morgan fingerprint density at radius 2 is 0.933 bits per heavy atom.